The van der Waals surface area contributed by atoms with Crippen molar-refractivity contribution in [2.75, 3.05) is 46.2 Å². The summed E-state index contributed by atoms with van der Waals surface area (Å²) in [6, 6.07) is 0. The molecule has 0 aliphatic rings. The van der Waals surface area contributed by atoms with E-state index in [0.29, 0.717) is 0 Å². The number of rotatable bonds is 40. The molecule has 0 aromatic carbocycles. The molecular formula is C53H78Br6O25. The Labute approximate surface area is 537 Å². The minimum absolute atomic E-state index is 0.322. The Balaban J connectivity index is 8.44. The van der Waals surface area contributed by atoms with Gasteiger partial charge in [-0.3, -0.25) is 57.5 Å². The van der Waals surface area contributed by atoms with Gasteiger partial charge in [0.2, 0.25) is 0 Å². The first-order chi connectivity index (χ1) is 37.9. The van der Waals surface area contributed by atoms with Crippen LogP contribution in [0.1, 0.15) is 122 Å². The highest BCUT2D eigenvalue weighted by molar-refractivity contribution is 9.10. The van der Waals surface area contributed by atoms with Gasteiger partial charge in [-0.1, -0.05) is 103 Å². The van der Waals surface area contributed by atoms with Crippen molar-refractivity contribution < 1.29 is 121 Å². The average molecular weight is 1590 g/mol. The molecule has 9 atom stereocenters. The summed E-state index contributed by atoms with van der Waals surface area (Å²) in [7, 11) is 0. The Morgan fingerprint density at radius 2 is 0.631 bits per heavy atom. The minimum atomic E-state index is -2.05. The van der Waals surface area contributed by atoms with Crippen LogP contribution in [0.4, 0.5) is 0 Å². The summed E-state index contributed by atoms with van der Waals surface area (Å²) < 4.78 is 41.4. The van der Waals surface area contributed by atoms with Gasteiger partial charge in [0.1, 0.15) is 68.1 Å². The molecule has 6 N–H and O–H groups in total. The second kappa shape index (κ2) is 33.7. The molecule has 0 saturated heterocycles. The van der Waals surface area contributed by atoms with Crippen molar-refractivity contribution in [1.29, 1.82) is 0 Å². The van der Waals surface area contributed by atoms with Gasteiger partial charge >= 0.3 is 71.6 Å². The van der Waals surface area contributed by atoms with Gasteiger partial charge in [0.25, 0.3) is 0 Å². The van der Waals surface area contributed by atoms with Crippen molar-refractivity contribution in [3.8, 4) is 0 Å². The van der Waals surface area contributed by atoms with E-state index in [1.54, 1.807) is 0 Å². The van der Waals surface area contributed by atoms with Crippen LogP contribution in [0.25, 0.3) is 0 Å². The molecule has 0 rings (SSSR count). The predicted molar refractivity (Wildman–Crippen MR) is 318 cm³/mol. The summed E-state index contributed by atoms with van der Waals surface area (Å²) in [5, 5.41) is 58.0. The quantitative estimate of drug-likeness (QED) is 0.0192. The molecule has 0 bridgehead atoms. The molecule has 0 fully saturated rings. The number of carboxylic acid groups (broad SMARTS) is 6. The molecule has 84 heavy (non-hydrogen) atoms. The summed E-state index contributed by atoms with van der Waals surface area (Å²) in [6.07, 6.45) is -3.45. The fraction of sp³-hybridized carbons (Fsp3) is 0.774. The third-order valence-corrected chi connectivity index (χ3v) is 18.5. The number of ether oxygens (including phenoxy) is 7. The van der Waals surface area contributed by atoms with Gasteiger partial charge in [-0.2, -0.15) is 0 Å². The average Bonchev–Trinajstić information content (AvgIpc) is 3.49. The van der Waals surface area contributed by atoms with Gasteiger partial charge in [0.15, 0.2) is 0 Å². The maximum Gasteiger partial charge on any atom is 0.317 e. The Morgan fingerprint density at radius 3 is 0.917 bits per heavy atom. The number of esters is 6. The van der Waals surface area contributed by atoms with E-state index in [1.165, 1.54) is 90.0 Å². The lowest BCUT2D eigenvalue weighted by molar-refractivity contribution is -0.184. The van der Waals surface area contributed by atoms with E-state index in [0.717, 1.165) is 0 Å². The van der Waals surface area contributed by atoms with E-state index < -0.39 is 203 Å². The highest BCUT2D eigenvalue weighted by Gasteiger charge is 2.47. The molecular weight excluding hydrogens is 1520 g/mol. The van der Waals surface area contributed by atoms with E-state index in [9.17, 15) is 88.2 Å². The highest BCUT2D eigenvalue weighted by Crippen LogP contribution is 2.38. The standard InChI is InChI=1S/C53H78Br6O25/c1-26(34(59)40(70)71)52(12,13)46(77)80-21-33(84-45(76)51(10,11)18-32(58)39(68)69)27(20-79-41(72)47(2,3)14-28(54)35(60)61)19-78-22-53(23-81-42(73)48(4,5)15-29(55)36(62)63,24-82-43(74)49(6,7)16-30(56)37(64)65)25-83-44(75)50(8,9)17-31(57)38(66)67/h26-34H,14-25H2,1-13H3,(H,60,61)(H,62,63)(H,64,65)(H,66,67)(H,68,69)(H,70,71). The van der Waals surface area contributed by atoms with Crippen molar-refractivity contribution in [2.45, 2.75) is 157 Å². The zero-order valence-electron chi connectivity index (χ0n) is 48.9. The number of carboxylic acids is 6. The fourth-order valence-electron chi connectivity index (χ4n) is 7.33. The van der Waals surface area contributed by atoms with Gasteiger partial charge < -0.3 is 63.8 Å². The summed E-state index contributed by atoms with van der Waals surface area (Å²) in [5.41, 5.74) is -11.5. The summed E-state index contributed by atoms with van der Waals surface area (Å²) in [4.78, 5) is 148. The molecule has 482 valence electrons. The van der Waals surface area contributed by atoms with Crippen LogP contribution >= 0.6 is 95.6 Å². The van der Waals surface area contributed by atoms with Crippen LogP contribution in [0, 0.1) is 49.7 Å². The molecule has 31 heteroatoms. The first-order valence-corrected chi connectivity index (χ1v) is 31.3. The first kappa shape index (κ1) is 80.5. The summed E-state index contributed by atoms with van der Waals surface area (Å²) in [6.45, 7) is 11.9. The number of hydrogen-bond donors (Lipinski definition) is 6. The molecule has 0 heterocycles. The zero-order valence-corrected chi connectivity index (χ0v) is 58.4. The van der Waals surface area contributed by atoms with E-state index in [-0.39, 0.29) is 32.1 Å². The van der Waals surface area contributed by atoms with Gasteiger partial charge in [0, 0.05) is 0 Å². The minimum Gasteiger partial charge on any atom is -0.480 e. The molecule has 0 spiro atoms. The van der Waals surface area contributed by atoms with E-state index in [2.05, 4.69) is 95.6 Å². The van der Waals surface area contributed by atoms with Crippen LogP contribution < -0.4 is 0 Å². The molecule has 25 nitrogen and oxygen atoms in total. The topological polar surface area (TPSA) is 391 Å². The Hall–Kier alpha value is -3.52. The van der Waals surface area contributed by atoms with E-state index in [1.807, 2.05) is 0 Å². The zero-order chi connectivity index (χ0) is 66.1. The van der Waals surface area contributed by atoms with Gasteiger partial charge in [-0.25, -0.2) is 0 Å². The second-order valence-electron chi connectivity index (χ2n) is 24.4. The smallest absolute Gasteiger partial charge is 0.317 e. The fourth-order valence-corrected chi connectivity index (χ4v) is 12.0. The highest BCUT2D eigenvalue weighted by atomic mass is 79.9. The maximum atomic E-state index is 14.3. The third-order valence-electron chi connectivity index (χ3n) is 13.7. The number of aliphatic carboxylic acids is 6. The Morgan fingerprint density at radius 1 is 0.357 bits per heavy atom. The SMILES string of the molecule is CC(C(Br)C(=O)O)C(C)(C)C(=O)OCC(OC(=O)C(C)(C)CC(Br)C(=O)O)C(COCC(COC(=O)C(C)(C)CC(Br)C(=O)O)(COC(=O)C(C)(C)CC(Br)C(=O)O)COC(=O)C(C)(C)CC(Br)C(=O)O)COC(=O)C(C)(C)CC(Br)C(=O)O. The number of carbonyl (C=O) groups is 12. The molecule has 9 unspecified atom stereocenters. The molecule has 0 aliphatic carbocycles. The summed E-state index contributed by atoms with van der Waals surface area (Å²) >= 11 is 18.1. The molecule has 0 amide bonds. The molecule has 0 saturated carbocycles. The Bertz CT molecular complexity index is 2250. The lowest BCUT2D eigenvalue weighted by atomic mass is 9.78. The lowest BCUT2D eigenvalue weighted by Crippen LogP contribution is -2.48. The van der Waals surface area contributed by atoms with E-state index >= 15 is 0 Å². The van der Waals surface area contributed by atoms with E-state index in [4.69, 9.17) is 33.2 Å². The van der Waals surface area contributed by atoms with Crippen molar-refractivity contribution in [3.63, 3.8) is 0 Å². The van der Waals surface area contributed by atoms with Gasteiger partial charge in [-0.05, 0) is 121 Å². The first-order valence-electron chi connectivity index (χ1n) is 25.8. The molecule has 0 aromatic rings. The monoisotopic (exact) mass is 1590 g/mol. The summed E-state index contributed by atoms with van der Waals surface area (Å²) in [5.74, 6) is -16.5. The van der Waals surface area contributed by atoms with Crippen LogP contribution in [0.3, 0.4) is 0 Å². The molecule has 0 aliphatic heterocycles. The van der Waals surface area contributed by atoms with Crippen LogP contribution in [-0.4, -0.2) is 184 Å². The van der Waals surface area contributed by atoms with Crippen LogP contribution in [-0.2, 0) is 90.7 Å². The number of alkyl halides is 6. The number of halogens is 6. The molecule has 0 aromatic heterocycles. The second-order valence-corrected chi connectivity index (χ2v) is 30.9. The van der Waals surface area contributed by atoms with Gasteiger partial charge in [0.05, 0.1) is 57.0 Å². The Kier molecular flexibility index (Phi) is 32.3. The predicted octanol–water partition coefficient (Wildman–Crippen LogP) is 8.07. The largest absolute Gasteiger partial charge is 0.480 e. The number of carbonyl (C=O) groups excluding carboxylic acids is 6. The lowest BCUT2D eigenvalue weighted by Gasteiger charge is -2.37. The van der Waals surface area contributed by atoms with Crippen LogP contribution in [0.2, 0.25) is 0 Å². The van der Waals surface area contributed by atoms with Crippen molar-refractivity contribution in [3.05, 3.63) is 0 Å². The van der Waals surface area contributed by atoms with Crippen LogP contribution in [0.15, 0.2) is 0 Å². The number of hydrogen-bond acceptors (Lipinski definition) is 19. The van der Waals surface area contributed by atoms with Crippen molar-refractivity contribution in [1.82, 2.24) is 0 Å². The van der Waals surface area contributed by atoms with Crippen LogP contribution in [0.5, 0.6) is 0 Å². The van der Waals surface area contributed by atoms with Crippen molar-refractivity contribution >= 4 is 167 Å². The van der Waals surface area contributed by atoms with Gasteiger partial charge in [-0.15, -0.1) is 0 Å². The maximum absolute atomic E-state index is 14.3. The van der Waals surface area contributed by atoms with Crippen molar-refractivity contribution in [2.24, 2.45) is 49.7 Å². The third kappa shape index (κ3) is 26.1. The normalized spacial score (nSPS) is 16.5. The molecule has 0 radical (unpaired) electrons.